The van der Waals surface area contributed by atoms with Gasteiger partial charge in [-0.1, -0.05) is 0 Å². The third-order valence-electron chi connectivity index (χ3n) is 3.05. The molecule has 0 saturated carbocycles. The van der Waals surface area contributed by atoms with Crippen molar-refractivity contribution in [3.8, 4) is 0 Å². The summed E-state index contributed by atoms with van der Waals surface area (Å²) in [5.74, 6) is 0. The van der Waals surface area contributed by atoms with Gasteiger partial charge in [0, 0.05) is 31.7 Å². The Hall–Kier alpha value is -1.71. The zero-order chi connectivity index (χ0) is 10.8. The van der Waals surface area contributed by atoms with E-state index in [4.69, 9.17) is 0 Å². The molecular formula is C12H14N4. The lowest BCUT2D eigenvalue weighted by Gasteiger charge is -2.28. The standard InChI is InChI=1S/C12H14N4/c1-2-8-16(9-3-1)10-4-5-14-12-11(10)13-6-7-15-12/h4-7H,1-3,8-9H2. The van der Waals surface area contributed by atoms with Gasteiger partial charge in [0.1, 0.15) is 5.52 Å². The maximum Gasteiger partial charge on any atom is 0.180 e. The van der Waals surface area contributed by atoms with Crippen LogP contribution in [0.4, 0.5) is 5.69 Å². The second-order valence-corrected chi connectivity index (χ2v) is 4.11. The molecule has 3 rings (SSSR count). The molecular weight excluding hydrogens is 200 g/mol. The second kappa shape index (κ2) is 4.04. The van der Waals surface area contributed by atoms with Gasteiger partial charge < -0.3 is 4.90 Å². The number of nitrogens with zero attached hydrogens (tertiary/aromatic N) is 4. The largest absolute Gasteiger partial charge is 0.370 e. The van der Waals surface area contributed by atoms with Crippen LogP contribution in [0.2, 0.25) is 0 Å². The van der Waals surface area contributed by atoms with Crippen LogP contribution in [-0.2, 0) is 0 Å². The first-order valence-electron chi connectivity index (χ1n) is 5.76. The summed E-state index contributed by atoms with van der Waals surface area (Å²) in [4.78, 5) is 15.3. The summed E-state index contributed by atoms with van der Waals surface area (Å²) in [6.45, 7) is 2.24. The Morgan fingerprint density at radius 1 is 0.875 bits per heavy atom. The molecule has 0 atom stereocenters. The average Bonchev–Trinajstić information content (AvgIpc) is 2.39. The summed E-state index contributed by atoms with van der Waals surface area (Å²) in [5.41, 5.74) is 2.84. The normalized spacial score (nSPS) is 16.6. The van der Waals surface area contributed by atoms with E-state index >= 15 is 0 Å². The van der Waals surface area contributed by atoms with Crippen molar-refractivity contribution in [3.05, 3.63) is 24.7 Å². The lowest BCUT2D eigenvalue weighted by Crippen LogP contribution is -2.29. The van der Waals surface area contributed by atoms with E-state index in [0.29, 0.717) is 0 Å². The molecule has 1 saturated heterocycles. The van der Waals surface area contributed by atoms with Crippen LogP contribution < -0.4 is 4.90 Å². The molecule has 3 heterocycles. The molecule has 0 amide bonds. The van der Waals surface area contributed by atoms with E-state index < -0.39 is 0 Å². The Morgan fingerprint density at radius 2 is 1.62 bits per heavy atom. The molecule has 0 unspecified atom stereocenters. The number of aromatic nitrogens is 3. The van der Waals surface area contributed by atoms with Crippen molar-refractivity contribution in [3.63, 3.8) is 0 Å². The summed E-state index contributed by atoms with van der Waals surface area (Å²) in [6.07, 6.45) is 9.12. The molecule has 4 nitrogen and oxygen atoms in total. The number of pyridine rings is 1. The zero-order valence-electron chi connectivity index (χ0n) is 9.13. The minimum absolute atomic E-state index is 0.741. The van der Waals surface area contributed by atoms with Crippen LogP contribution in [-0.4, -0.2) is 28.0 Å². The first-order valence-corrected chi connectivity index (χ1v) is 5.76. The molecule has 0 N–H and O–H groups in total. The minimum Gasteiger partial charge on any atom is -0.370 e. The summed E-state index contributed by atoms with van der Waals surface area (Å²) < 4.78 is 0. The van der Waals surface area contributed by atoms with Gasteiger partial charge in [0.15, 0.2) is 5.65 Å². The van der Waals surface area contributed by atoms with Crippen molar-refractivity contribution in [2.24, 2.45) is 0 Å². The number of anilines is 1. The molecule has 2 aromatic rings. The Balaban J connectivity index is 2.08. The lowest BCUT2D eigenvalue weighted by atomic mass is 10.1. The molecule has 1 fully saturated rings. The van der Waals surface area contributed by atoms with Gasteiger partial charge in [-0.05, 0) is 25.3 Å². The van der Waals surface area contributed by atoms with E-state index in [-0.39, 0.29) is 0 Å². The predicted octanol–water partition coefficient (Wildman–Crippen LogP) is 2.02. The topological polar surface area (TPSA) is 41.9 Å². The molecule has 82 valence electrons. The van der Waals surface area contributed by atoms with Crippen LogP contribution in [0.15, 0.2) is 24.7 Å². The van der Waals surface area contributed by atoms with Gasteiger partial charge in [-0.3, -0.25) is 0 Å². The van der Waals surface area contributed by atoms with Crippen molar-refractivity contribution in [2.45, 2.75) is 19.3 Å². The number of fused-ring (bicyclic) bond motifs is 1. The van der Waals surface area contributed by atoms with E-state index in [9.17, 15) is 0 Å². The van der Waals surface area contributed by atoms with E-state index in [2.05, 4.69) is 19.9 Å². The maximum atomic E-state index is 4.39. The molecule has 2 aromatic heterocycles. The highest BCUT2D eigenvalue weighted by atomic mass is 15.1. The van der Waals surface area contributed by atoms with Gasteiger partial charge in [0.05, 0.1) is 5.69 Å². The molecule has 0 radical (unpaired) electrons. The maximum absolute atomic E-state index is 4.39. The molecule has 4 heteroatoms. The monoisotopic (exact) mass is 214 g/mol. The molecule has 1 aliphatic heterocycles. The van der Waals surface area contributed by atoms with Gasteiger partial charge in [0.2, 0.25) is 0 Å². The highest BCUT2D eigenvalue weighted by Gasteiger charge is 2.14. The second-order valence-electron chi connectivity index (χ2n) is 4.11. The Kier molecular flexibility index (Phi) is 2.40. The molecule has 16 heavy (non-hydrogen) atoms. The Bertz CT molecular complexity index is 486. The molecule has 0 bridgehead atoms. The van der Waals surface area contributed by atoms with Crippen molar-refractivity contribution in [1.29, 1.82) is 0 Å². The Morgan fingerprint density at radius 3 is 2.50 bits per heavy atom. The van der Waals surface area contributed by atoms with Gasteiger partial charge in [-0.2, -0.15) is 0 Å². The van der Waals surface area contributed by atoms with Gasteiger partial charge in [-0.25, -0.2) is 15.0 Å². The smallest absolute Gasteiger partial charge is 0.180 e. The molecule has 1 aliphatic rings. The summed E-state index contributed by atoms with van der Waals surface area (Å²) in [5, 5.41) is 0. The quantitative estimate of drug-likeness (QED) is 0.728. The van der Waals surface area contributed by atoms with Gasteiger partial charge >= 0.3 is 0 Å². The first-order chi connectivity index (χ1) is 7.95. The van der Waals surface area contributed by atoms with Crippen molar-refractivity contribution in [1.82, 2.24) is 15.0 Å². The third kappa shape index (κ3) is 1.60. The van der Waals surface area contributed by atoms with E-state index in [1.165, 1.54) is 24.9 Å². The van der Waals surface area contributed by atoms with Crippen LogP contribution in [0.3, 0.4) is 0 Å². The number of rotatable bonds is 1. The fraction of sp³-hybridized carbons (Fsp3) is 0.417. The van der Waals surface area contributed by atoms with Gasteiger partial charge in [-0.15, -0.1) is 0 Å². The predicted molar refractivity (Wildman–Crippen MR) is 63.4 cm³/mol. The average molecular weight is 214 g/mol. The van der Waals surface area contributed by atoms with E-state index in [1.807, 2.05) is 12.3 Å². The highest BCUT2D eigenvalue weighted by Crippen LogP contribution is 2.24. The van der Waals surface area contributed by atoms with E-state index in [0.717, 1.165) is 24.3 Å². The van der Waals surface area contributed by atoms with Crippen LogP contribution in [0.1, 0.15) is 19.3 Å². The number of piperidine rings is 1. The van der Waals surface area contributed by atoms with E-state index in [1.54, 1.807) is 12.4 Å². The highest BCUT2D eigenvalue weighted by molar-refractivity contribution is 5.84. The third-order valence-corrected chi connectivity index (χ3v) is 3.05. The zero-order valence-corrected chi connectivity index (χ0v) is 9.13. The molecule has 0 spiro atoms. The SMILES string of the molecule is c1cnc2c(N3CCCCC3)ccnc2n1. The number of hydrogen-bond acceptors (Lipinski definition) is 4. The van der Waals surface area contributed by atoms with Crippen LogP contribution >= 0.6 is 0 Å². The Labute approximate surface area is 94.4 Å². The van der Waals surface area contributed by atoms with Crippen molar-refractivity contribution in [2.75, 3.05) is 18.0 Å². The fourth-order valence-electron chi connectivity index (χ4n) is 2.25. The summed E-state index contributed by atoms with van der Waals surface area (Å²) in [7, 11) is 0. The lowest BCUT2D eigenvalue weighted by molar-refractivity contribution is 0.578. The van der Waals surface area contributed by atoms with Crippen molar-refractivity contribution < 1.29 is 0 Å². The number of hydrogen-bond donors (Lipinski definition) is 0. The minimum atomic E-state index is 0.741. The summed E-state index contributed by atoms with van der Waals surface area (Å²) in [6, 6.07) is 2.04. The molecule has 0 aliphatic carbocycles. The fourth-order valence-corrected chi connectivity index (χ4v) is 2.25. The van der Waals surface area contributed by atoms with Crippen LogP contribution in [0, 0.1) is 0 Å². The van der Waals surface area contributed by atoms with Crippen LogP contribution in [0.25, 0.3) is 11.2 Å². The van der Waals surface area contributed by atoms with Crippen LogP contribution in [0.5, 0.6) is 0 Å². The molecule has 0 aromatic carbocycles. The van der Waals surface area contributed by atoms with Crippen molar-refractivity contribution >= 4 is 16.9 Å². The van der Waals surface area contributed by atoms with Gasteiger partial charge in [0.25, 0.3) is 0 Å². The first kappa shape index (κ1) is 9.51. The summed E-state index contributed by atoms with van der Waals surface area (Å²) >= 11 is 0.